The van der Waals surface area contributed by atoms with Crippen LogP contribution in [0.2, 0.25) is 0 Å². The molecule has 1 saturated heterocycles. The Morgan fingerprint density at radius 3 is 2.46 bits per heavy atom. The highest BCUT2D eigenvalue weighted by molar-refractivity contribution is 7.99. The lowest BCUT2D eigenvalue weighted by Crippen LogP contribution is -2.48. The lowest BCUT2D eigenvalue weighted by molar-refractivity contribution is -0.163. The number of thioether (sulfide) groups is 1. The fraction of sp³-hybridized carbons (Fsp3) is 0.714. The van der Waals surface area contributed by atoms with E-state index >= 15 is 0 Å². The average Bonchev–Trinajstić information content (AvgIpc) is 2.97. The lowest BCUT2D eigenvalue weighted by atomic mass is 9.85. The number of esters is 1. The molecule has 0 N–H and O–H groups in total. The second-order valence-corrected chi connectivity index (χ2v) is 9.86. The Balaban J connectivity index is 1.74. The SMILES string of the molecule is Cc1cc(C)nc(SCC(=O)N2[C@H](C(=O)OC(C)(C)C)C[C@@H]3CCCC[C@@H]32)n1. The molecule has 1 amide bonds. The van der Waals surface area contributed by atoms with Gasteiger partial charge in [-0.3, -0.25) is 4.79 Å². The van der Waals surface area contributed by atoms with Gasteiger partial charge in [0.1, 0.15) is 11.6 Å². The third kappa shape index (κ3) is 5.04. The molecule has 1 aromatic heterocycles. The fourth-order valence-corrected chi connectivity index (χ4v) is 5.18. The summed E-state index contributed by atoms with van der Waals surface area (Å²) >= 11 is 1.34. The van der Waals surface area contributed by atoms with E-state index in [9.17, 15) is 9.59 Å². The standard InChI is InChI=1S/C21H31N3O3S/c1-13-10-14(2)23-20(22-13)28-12-18(25)24-16-9-7-6-8-15(16)11-17(24)19(26)27-21(3,4)5/h10,15-17H,6-9,11-12H2,1-5H3/t15-,16-,17-/m0/s1. The number of aromatic nitrogens is 2. The van der Waals surface area contributed by atoms with Crippen molar-refractivity contribution in [2.24, 2.45) is 5.92 Å². The van der Waals surface area contributed by atoms with E-state index in [1.807, 2.05) is 45.6 Å². The van der Waals surface area contributed by atoms with Crippen molar-refractivity contribution >= 4 is 23.6 Å². The number of hydrogen-bond acceptors (Lipinski definition) is 6. The van der Waals surface area contributed by atoms with Crippen LogP contribution in [0.25, 0.3) is 0 Å². The van der Waals surface area contributed by atoms with Crippen LogP contribution in [0.4, 0.5) is 0 Å². The Morgan fingerprint density at radius 2 is 1.82 bits per heavy atom. The van der Waals surface area contributed by atoms with Crippen LogP contribution in [0, 0.1) is 19.8 Å². The molecular weight excluding hydrogens is 374 g/mol. The van der Waals surface area contributed by atoms with Gasteiger partial charge < -0.3 is 9.64 Å². The zero-order valence-electron chi connectivity index (χ0n) is 17.5. The van der Waals surface area contributed by atoms with Gasteiger partial charge in [0.2, 0.25) is 5.91 Å². The highest BCUT2D eigenvalue weighted by Crippen LogP contribution is 2.40. The van der Waals surface area contributed by atoms with Gasteiger partial charge in [-0.1, -0.05) is 24.6 Å². The molecule has 154 valence electrons. The molecule has 1 aromatic rings. The minimum atomic E-state index is -0.554. The Hall–Kier alpha value is -1.63. The van der Waals surface area contributed by atoms with Crippen molar-refractivity contribution in [1.82, 2.24) is 14.9 Å². The summed E-state index contributed by atoms with van der Waals surface area (Å²) < 4.78 is 5.64. The predicted octanol–water partition coefficient (Wildman–Crippen LogP) is 3.69. The summed E-state index contributed by atoms with van der Waals surface area (Å²) in [6.45, 7) is 9.45. The maximum Gasteiger partial charge on any atom is 0.329 e. The van der Waals surface area contributed by atoms with Gasteiger partial charge in [0.15, 0.2) is 5.16 Å². The first kappa shape index (κ1) is 21.1. The topological polar surface area (TPSA) is 72.4 Å². The van der Waals surface area contributed by atoms with Crippen molar-refractivity contribution in [3.05, 3.63) is 17.5 Å². The molecule has 7 heteroatoms. The molecule has 2 heterocycles. The van der Waals surface area contributed by atoms with E-state index in [0.29, 0.717) is 11.1 Å². The van der Waals surface area contributed by atoms with Gasteiger partial charge in [-0.2, -0.15) is 0 Å². The van der Waals surface area contributed by atoms with E-state index < -0.39 is 11.6 Å². The molecule has 0 bridgehead atoms. The van der Waals surface area contributed by atoms with Crippen molar-refractivity contribution in [2.75, 3.05) is 5.75 Å². The normalized spacial score (nSPS) is 24.8. The minimum absolute atomic E-state index is 0.0157. The molecule has 0 radical (unpaired) electrons. The molecule has 1 saturated carbocycles. The summed E-state index contributed by atoms with van der Waals surface area (Å²) in [6, 6.07) is 1.59. The maximum atomic E-state index is 13.2. The van der Waals surface area contributed by atoms with Crippen molar-refractivity contribution in [1.29, 1.82) is 0 Å². The zero-order valence-corrected chi connectivity index (χ0v) is 18.3. The zero-order chi connectivity index (χ0) is 20.5. The third-order valence-corrected chi connectivity index (χ3v) is 6.17. The number of carbonyl (C=O) groups is 2. The van der Waals surface area contributed by atoms with Crippen LogP contribution in [0.5, 0.6) is 0 Å². The number of likely N-dealkylation sites (tertiary alicyclic amines) is 1. The summed E-state index contributed by atoms with van der Waals surface area (Å²) in [6.07, 6.45) is 5.06. The second-order valence-electron chi connectivity index (χ2n) is 8.92. The molecule has 6 nitrogen and oxygen atoms in total. The van der Waals surface area contributed by atoms with Crippen molar-refractivity contribution in [3.63, 3.8) is 0 Å². The third-order valence-electron chi connectivity index (χ3n) is 5.34. The Morgan fingerprint density at radius 1 is 1.18 bits per heavy atom. The molecule has 0 aromatic carbocycles. The van der Waals surface area contributed by atoms with Gasteiger partial charge in [-0.15, -0.1) is 0 Å². The van der Waals surface area contributed by atoms with Crippen molar-refractivity contribution in [3.8, 4) is 0 Å². The Kier molecular flexibility index (Phi) is 6.32. The molecule has 0 unspecified atom stereocenters. The van der Waals surface area contributed by atoms with E-state index in [4.69, 9.17) is 4.74 Å². The molecule has 2 fully saturated rings. The smallest absolute Gasteiger partial charge is 0.329 e. The summed E-state index contributed by atoms with van der Waals surface area (Å²) in [7, 11) is 0. The molecule has 3 rings (SSSR count). The largest absolute Gasteiger partial charge is 0.458 e. The van der Waals surface area contributed by atoms with Gasteiger partial charge in [-0.05, 0) is 65.9 Å². The van der Waals surface area contributed by atoms with Gasteiger partial charge in [-0.25, -0.2) is 14.8 Å². The number of amides is 1. The van der Waals surface area contributed by atoms with Crippen LogP contribution in [-0.2, 0) is 14.3 Å². The summed E-state index contributed by atoms with van der Waals surface area (Å²) in [5.74, 6) is 0.351. The number of aryl methyl sites for hydroxylation is 2. The minimum Gasteiger partial charge on any atom is -0.458 e. The van der Waals surface area contributed by atoms with E-state index in [1.165, 1.54) is 18.2 Å². The van der Waals surface area contributed by atoms with Crippen LogP contribution >= 0.6 is 11.8 Å². The van der Waals surface area contributed by atoms with E-state index in [1.54, 1.807) is 0 Å². The first-order chi connectivity index (χ1) is 13.1. The van der Waals surface area contributed by atoms with Crippen LogP contribution in [0.1, 0.15) is 64.3 Å². The van der Waals surface area contributed by atoms with Gasteiger partial charge in [0.25, 0.3) is 0 Å². The van der Waals surface area contributed by atoms with Gasteiger partial charge in [0, 0.05) is 17.4 Å². The number of fused-ring (bicyclic) bond motifs is 1. The van der Waals surface area contributed by atoms with E-state index in [0.717, 1.165) is 37.1 Å². The van der Waals surface area contributed by atoms with Gasteiger partial charge in [0.05, 0.1) is 5.75 Å². The Labute approximate surface area is 171 Å². The number of rotatable bonds is 4. The number of nitrogens with zero attached hydrogens (tertiary/aromatic N) is 3. The average molecular weight is 406 g/mol. The molecule has 28 heavy (non-hydrogen) atoms. The van der Waals surface area contributed by atoms with Crippen molar-refractivity contribution in [2.45, 2.75) is 89.6 Å². The van der Waals surface area contributed by atoms with Crippen LogP contribution in [-0.4, -0.2) is 50.2 Å². The molecule has 1 aliphatic heterocycles. The summed E-state index contributed by atoms with van der Waals surface area (Å²) in [5, 5.41) is 0.610. The van der Waals surface area contributed by atoms with Crippen LogP contribution in [0.3, 0.4) is 0 Å². The van der Waals surface area contributed by atoms with E-state index in [2.05, 4.69) is 9.97 Å². The number of hydrogen-bond donors (Lipinski definition) is 0. The lowest BCUT2D eigenvalue weighted by Gasteiger charge is -2.34. The highest BCUT2D eigenvalue weighted by Gasteiger charge is 2.48. The number of ether oxygens (including phenoxy) is 1. The second kappa shape index (κ2) is 8.39. The number of carbonyl (C=O) groups excluding carboxylic acids is 2. The molecule has 3 atom stereocenters. The predicted molar refractivity (Wildman–Crippen MR) is 109 cm³/mol. The monoisotopic (exact) mass is 405 g/mol. The summed E-state index contributed by atoms with van der Waals surface area (Å²) in [5.41, 5.74) is 1.23. The fourth-order valence-electron chi connectivity index (χ4n) is 4.36. The van der Waals surface area contributed by atoms with E-state index in [-0.39, 0.29) is 23.7 Å². The van der Waals surface area contributed by atoms with Gasteiger partial charge >= 0.3 is 5.97 Å². The molecular formula is C21H31N3O3S. The molecule has 1 aliphatic carbocycles. The molecule has 2 aliphatic rings. The highest BCUT2D eigenvalue weighted by atomic mass is 32.2. The van der Waals surface area contributed by atoms with Crippen LogP contribution in [0.15, 0.2) is 11.2 Å². The quantitative estimate of drug-likeness (QED) is 0.432. The van der Waals surface area contributed by atoms with Crippen LogP contribution < -0.4 is 0 Å². The molecule has 0 spiro atoms. The Bertz CT molecular complexity index is 727. The maximum absolute atomic E-state index is 13.2. The van der Waals surface area contributed by atoms with Crippen molar-refractivity contribution < 1.29 is 14.3 Å². The summed E-state index contributed by atoms with van der Waals surface area (Å²) in [4.78, 5) is 36.6. The first-order valence-corrected chi connectivity index (χ1v) is 11.1. The first-order valence-electron chi connectivity index (χ1n) is 10.1.